The zero-order valence-corrected chi connectivity index (χ0v) is 13.5. The van der Waals surface area contributed by atoms with Crippen LogP contribution in [0.3, 0.4) is 0 Å². The van der Waals surface area contributed by atoms with E-state index >= 15 is 0 Å². The summed E-state index contributed by atoms with van der Waals surface area (Å²) in [5.41, 5.74) is 4.63. The molecule has 0 bridgehead atoms. The Labute approximate surface area is 123 Å². The third kappa shape index (κ3) is 4.07. The lowest BCUT2D eigenvalue weighted by Crippen LogP contribution is -2.42. The summed E-state index contributed by atoms with van der Waals surface area (Å²) in [6.07, 6.45) is 3.50. The number of rotatable bonds is 5. The van der Waals surface area contributed by atoms with Gasteiger partial charge in [-0.25, -0.2) is 0 Å². The lowest BCUT2D eigenvalue weighted by Gasteiger charge is -2.38. The fourth-order valence-corrected chi connectivity index (χ4v) is 2.99. The number of nitrogens with one attached hydrogen (secondary N) is 1. The van der Waals surface area contributed by atoms with Gasteiger partial charge >= 0.3 is 0 Å². The predicted octanol–water partition coefficient (Wildman–Crippen LogP) is 3.64. The van der Waals surface area contributed by atoms with Crippen molar-refractivity contribution in [2.24, 2.45) is 5.41 Å². The summed E-state index contributed by atoms with van der Waals surface area (Å²) in [7, 11) is 0. The zero-order valence-electron chi connectivity index (χ0n) is 13.5. The molecule has 1 N–H and O–H groups in total. The second-order valence-corrected chi connectivity index (χ2v) is 6.74. The van der Waals surface area contributed by atoms with E-state index in [0.29, 0.717) is 11.5 Å². The molecule has 0 aromatic heterocycles. The molecule has 2 heteroatoms. The Hall–Kier alpha value is -0.860. The Morgan fingerprint density at radius 1 is 1.15 bits per heavy atom. The average Bonchev–Trinajstić information content (AvgIpc) is 2.42. The van der Waals surface area contributed by atoms with Crippen molar-refractivity contribution < 1.29 is 4.74 Å². The Balaban J connectivity index is 2.11. The molecule has 0 atom stereocenters. The van der Waals surface area contributed by atoms with Crippen molar-refractivity contribution in [1.29, 1.82) is 0 Å². The first kappa shape index (κ1) is 15.5. The van der Waals surface area contributed by atoms with Gasteiger partial charge in [-0.05, 0) is 55.2 Å². The van der Waals surface area contributed by atoms with Crippen LogP contribution in [0.15, 0.2) is 18.2 Å². The molecular weight excluding hydrogens is 246 g/mol. The van der Waals surface area contributed by atoms with Crippen LogP contribution in [0.1, 0.15) is 43.4 Å². The Bertz CT molecular complexity index is 433. The maximum Gasteiger partial charge on any atom is 0.0471 e. The lowest BCUT2D eigenvalue weighted by atomic mass is 9.74. The number of benzene rings is 1. The molecule has 0 radical (unpaired) electrons. The van der Waals surface area contributed by atoms with Gasteiger partial charge in [0.25, 0.3) is 0 Å². The summed E-state index contributed by atoms with van der Waals surface area (Å²) in [5, 5.41) is 3.65. The summed E-state index contributed by atoms with van der Waals surface area (Å²) in [6.45, 7) is 11.8. The highest BCUT2D eigenvalue weighted by atomic mass is 16.5. The molecule has 1 aromatic carbocycles. The SMILES string of the molecule is Cc1ccc(CC2(CNC(C)C)CCOCC2)cc1C. The first-order valence-corrected chi connectivity index (χ1v) is 7.88. The second kappa shape index (κ2) is 6.73. The number of ether oxygens (including phenoxy) is 1. The van der Waals surface area contributed by atoms with Crippen molar-refractivity contribution in [3.63, 3.8) is 0 Å². The number of hydrogen-bond acceptors (Lipinski definition) is 2. The van der Waals surface area contributed by atoms with Crippen molar-refractivity contribution in [3.8, 4) is 0 Å². The van der Waals surface area contributed by atoms with Crippen LogP contribution in [0.25, 0.3) is 0 Å². The summed E-state index contributed by atoms with van der Waals surface area (Å²) < 4.78 is 5.58. The molecule has 1 heterocycles. The van der Waals surface area contributed by atoms with E-state index in [4.69, 9.17) is 4.74 Å². The standard InChI is InChI=1S/C18H29NO/c1-14(2)19-13-18(7-9-20-10-8-18)12-17-6-5-15(3)16(4)11-17/h5-6,11,14,19H,7-10,12-13H2,1-4H3. The molecule has 112 valence electrons. The molecule has 20 heavy (non-hydrogen) atoms. The second-order valence-electron chi connectivity index (χ2n) is 6.74. The first-order valence-electron chi connectivity index (χ1n) is 7.88. The molecule has 1 saturated heterocycles. The lowest BCUT2D eigenvalue weighted by molar-refractivity contribution is 0.0141. The molecule has 0 aliphatic carbocycles. The van der Waals surface area contributed by atoms with Gasteiger partial charge in [0.15, 0.2) is 0 Å². The van der Waals surface area contributed by atoms with E-state index in [1.165, 1.54) is 29.5 Å². The van der Waals surface area contributed by atoms with Gasteiger partial charge in [0, 0.05) is 25.8 Å². The topological polar surface area (TPSA) is 21.3 Å². The van der Waals surface area contributed by atoms with E-state index < -0.39 is 0 Å². The minimum atomic E-state index is 0.365. The van der Waals surface area contributed by atoms with Gasteiger partial charge in [-0.15, -0.1) is 0 Å². The van der Waals surface area contributed by atoms with Gasteiger partial charge in [0.05, 0.1) is 0 Å². The highest BCUT2D eigenvalue weighted by Gasteiger charge is 2.32. The van der Waals surface area contributed by atoms with Crippen LogP contribution in [0.5, 0.6) is 0 Å². The third-order valence-corrected chi connectivity index (χ3v) is 4.59. The summed E-state index contributed by atoms with van der Waals surface area (Å²) in [5.74, 6) is 0. The highest BCUT2D eigenvalue weighted by molar-refractivity contribution is 5.30. The van der Waals surface area contributed by atoms with Crippen molar-refractivity contribution >= 4 is 0 Å². The summed E-state index contributed by atoms with van der Waals surface area (Å²) >= 11 is 0. The van der Waals surface area contributed by atoms with Crippen molar-refractivity contribution in [2.75, 3.05) is 19.8 Å². The predicted molar refractivity (Wildman–Crippen MR) is 85.2 cm³/mol. The molecule has 2 rings (SSSR count). The fraction of sp³-hybridized carbons (Fsp3) is 0.667. The molecule has 1 aliphatic heterocycles. The highest BCUT2D eigenvalue weighted by Crippen LogP contribution is 2.34. The van der Waals surface area contributed by atoms with Gasteiger partial charge in [-0.2, -0.15) is 0 Å². The quantitative estimate of drug-likeness (QED) is 0.886. The van der Waals surface area contributed by atoms with Crippen LogP contribution in [0.4, 0.5) is 0 Å². The third-order valence-electron chi connectivity index (χ3n) is 4.59. The molecule has 0 unspecified atom stereocenters. The van der Waals surface area contributed by atoms with Crippen LogP contribution in [0.2, 0.25) is 0 Å². The minimum absolute atomic E-state index is 0.365. The van der Waals surface area contributed by atoms with Crippen molar-refractivity contribution in [3.05, 3.63) is 34.9 Å². The van der Waals surface area contributed by atoms with Gasteiger partial charge < -0.3 is 10.1 Å². The van der Waals surface area contributed by atoms with Crippen LogP contribution in [-0.4, -0.2) is 25.8 Å². The van der Waals surface area contributed by atoms with Crippen LogP contribution in [0, 0.1) is 19.3 Å². The Kier molecular flexibility index (Phi) is 5.22. The molecule has 0 saturated carbocycles. The number of aryl methyl sites for hydroxylation is 2. The van der Waals surface area contributed by atoms with Crippen molar-refractivity contribution in [2.45, 2.75) is 53.0 Å². The van der Waals surface area contributed by atoms with E-state index in [2.05, 4.69) is 51.2 Å². The van der Waals surface area contributed by atoms with Gasteiger partial charge in [0.2, 0.25) is 0 Å². The van der Waals surface area contributed by atoms with Gasteiger partial charge in [-0.3, -0.25) is 0 Å². The van der Waals surface area contributed by atoms with Crippen molar-refractivity contribution in [1.82, 2.24) is 5.32 Å². The molecule has 0 amide bonds. The normalized spacial score (nSPS) is 18.4. The summed E-state index contributed by atoms with van der Waals surface area (Å²) in [4.78, 5) is 0. The van der Waals surface area contributed by atoms with Gasteiger partial charge in [0.1, 0.15) is 0 Å². The largest absolute Gasteiger partial charge is 0.381 e. The van der Waals surface area contributed by atoms with E-state index in [0.717, 1.165) is 26.2 Å². The maximum atomic E-state index is 5.58. The van der Waals surface area contributed by atoms with Crippen LogP contribution < -0.4 is 5.32 Å². The molecule has 1 fully saturated rings. The molecule has 2 nitrogen and oxygen atoms in total. The zero-order chi connectivity index (χ0) is 14.6. The van der Waals surface area contributed by atoms with E-state index in [9.17, 15) is 0 Å². The minimum Gasteiger partial charge on any atom is -0.381 e. The monoisotopic (exact) mass is 275 g/mol. The first-order chi connectivity index (χ1) is 9.51. The smallest absolute Gasteiger partial charge is 0.0471 e. The summed E-state index contributed by atoms with van der Waals surface area (Å²) in [6, 6.07) is 7.47. The molecule has 1 aliphatic rings. The fourth-order valence-electron chi connectivity index (χ4n) is 2.99. The van der Waals surface area contributed by atoms with E-state index in [1.807, 2.05) is 0 Å². The number of hydrogen-bond donors (Lipinski definition) is 1. The molecule has 0 spiro atoms. The molecular formula is C18H29NO. The Morgan fingerprint density at radius 2 is 1.85 bits per heavy atom. The van der Waals surface area contributed by atoms with E-state index in [1.54, 1.807) is 0 Å². The Morgan fingerprint density at radius 3 is 2.45 bits per heavy atom. The van der Waals surface area contributed by atoms with Crippen LogP contribution >= 0.6 is 0 Å². The van der Waals surface area contributed by atoms with Crippen LogP contribution in [-0.2, 0) is 11.2 Å². The van der Waals surface area contributed by atoms with Gasteiger partial charge in [-0.1, -0.05) is 32.0 Å². The van der Waals surface area contributed by atoms with E-state index in [-0.39, 0.29) is 0 Å². The maximum absolute atomic E-state index is 5.58. The average molecular weight is 275 g/mol. The molecule has 1 aromatic rings.